The van der Waals surface area contributed by atoms with Crippen molar-refractivity contribution in [2.24, 2.45) is 5.73 Å². The van der Waals surface area contributed by atoms with Gasteiger partial charge < -0.3 is 11.1 Å². The molecule has 0 aliphatic heterocycles. The summed E-state index contributed by atoms with van der Waals surface area (Å²) in [6.07, 6.45) is 4.60. The standard InChI is InChI=1S/C12H21N3OS/c1-4-5-6-10(13)11(16)15-9(3)12-14-7-8(2)17-12/h7,9-10H,4-6,13H2,1-3H3,(H,15,16). The Labute approximate surface area is 107 Å². The molecule has 0 saturated heterocycles. The van der Waals surface area contributed by atoms with Gasteiger partial charge in [0, 0.05) is 11.1 Å². The number of aryl methyl sites for hydroxylation is 1. The Morgan fingerprint density at radius 1 is 1.65 bits per heavy atom. The average Bonchev–Trinajstić information content (AvgIpc) is 2.72. The lowest BCUT2D eigenvalue weighted by Crippen LogP contribution is -2.41. The molecule has 1 amide bonds. The molecule has 3 N–H and O–H groups in total. The van der Waals surface area contributed by atoms with Gasteiger partial charge in [0.2, 0.25) is 5.91 Å². The van der Waals surface area contributed by atoms with Crippen molar-refractivity contribution in [3.8, 4) is 0 Å². The number of nitrogens with zero attached hydrogens (tertiary/aromatic N) is 1. The first-order valence-electron chi connectivity index (χ1n) is 6.02. The molecule has 0 spiro atoms. The molecule has 0 aliphatic rings. The molecule has 0 bridgehead atoms. The van der Waals surface area contributed by atoms with Gasteiger partial charge in [0.05, 0.1) is 12.1 Å². The van der Waals surface area contributed by atoms with Gasteiger partial charge in [0.15, 0.2) is 0 Å². The second-order valence-corrected chi connectivity index (χ2v) is 5.55. The van der Waals surface area contributed by atoms with Gasteiger partial charge in [-0.05, 0) is 20.3 Å². The minimum Gasteiger partial charge on any atom is -0.346 e. The van der Waals surface area contributed by atoms with E-state index in [1.807, 2.05) is 20.0 Å². The monoisotopic (exact) mass is 255 g/mol. The molecule has 0 radical (unpaired) electrons. The highest BCUT2D eigenvalue weighted by Crippen LogP contribution is 2.18. The number of amides is 1. The van der Waals surface area contributed by atoms with Crippen LogP contribution in [-0.4, -0.2) is 16.9 Å². The van der Waals surface area contributed by atoms with Crippen molar-refractivity contribution in [1.29, 1.82) is 0 Å². The molecule has 1 rings (SSSR count). The van der Waals surface area contributed by atoms with Gasteiger partial charge in [-0.1, -0.05) is 19.8 Å². The molecule has 2 atom stereocenters. The van der Waals surface area contributed by atoms with E-state index in [2.05, 4.69) is 17.2 Å². The molecule has 5 heteroatoms. The lowest BCUT2D eigenvalue weighted by Gasteiger charge is -2.15. The van der Waals surface area contributed by atoms with E-state index in [1.165, 1.54) is 0 Å². The third-order valence-electron chi connectivity index (χ3n) is 2.57. The normalized spacial score (nSPS) is 14.4. The fraction of sp³-hybridized carbons (Fsp3) is 0.667. The molecule has 4 nitrogen and oxygen atoms in total. The topological polar surface area (TPSA) is 68.0 Å². The maximum atomic E-state index is 11.8. The molecule has 2 unspecified atom stereocenters. The summed E-state index contributed by atoms with van der Waals surface area (Å²) < 4.78 is 0. The zero-order chi connectivity index (χ0) is 12.8. The second-order valence-electron chi connectivity index (χ2n) is 4.29. The molecular formula is C12H21N3OS. The third kappa shape index (κ3) is 4.44. The predicted molar refractivity (Wildman–Crippen MR) is 70.9 cm³/mol. The Kier molecular flexibility index (Phi) is 5.58. The van der Waals surface area contributed by atoms with Gasteiger partial charge in [0.1, 0.15) is 5.01 Å². The van der Waals surface area contributed by atoms with Crippen molar-refractivity contribution >= 4 is 17.2 Å². The summed E-state index contributed by atoms with van der Waals surface area (Å²) in [5, 5.41) is 3.83. The highest BCUT2D eigenvalue weighted by Gasteiger charge is 2.17. The van der Waals surface area contributed by atoms with E-state index in [0.717, 1.165) is 29.1 Å². The van der Waals surface area contributed by atoms with Gasteiger partial charge in [-0.2, -0.15) is 0 Å². The number of rotatable bonds is 6. The Balaban J connectivity index is 2.45. The number of carbonyl (C=O) groups excluding carboxylic acids is 1. The van der Waals surface area contributed by atoms with Crippen LogP contribution in [0.2, 0.25) is 0 Å². The van der Waals surface area contributed by atoms with Crippen LogP contribution in [0.25, 0.3) is 0 Å². The maximum Gasteiger partial charge on any atom is 0.237 e. The zero-order valence-corrected chi connectivity index (χ0v) is 11.5. The van der Waals surface area contributed by atoms with Gasteiger partial charge in [0.25, 0.3) is 0 Å². The van der Waals surface area contributed by atoms with E-state index >= 15 is 0 Å². The molecule has 0 aliphatic carbocycles. The number of carbonyl (C=O) groups is 1. The average molecular weight is 255 g/mol. The Bertz CT molecular complexity index is 364. The van der Waals surface area contributed by atoms with Crippen LogP contribution in [0.5, 0.6) is 0 Å². The first-order valence-corrected chi connectivity index (χ1v) is 6.84. The highest BCUT2D eigenvalue weighted by atomic mass is 32.1. The van der Waals surface area contributed by atoms with E-state index in [0.29, 0.717) is 0 Å². The van der Waals surface area contributed by atoms with Crippen molar-refractivity contribution in [2.75, 3.05) is 0 Å². The Hall–Kier alpha value is -0.940. The van der Waals surface area contributed by atoms with Crippen LogP contribution in [0.1, 0.15) is 49.0 Å². The Morgan fingerprint density at radius 2 is 2.35 bits per heavy atom. The molecule has 17 heavy (non-hydrogen) atoms. The number of unbranched alkanes of at least 4 members (excludes halogenated alkanes) is 1. The second kappa shape index (κ2) is 6.71. The SMILES string of the molecule is CCCCC(N)C(=O)NC(C)c1ncc(C)s1. The summed E-state index contributed by atoms with van der Waals surface area (Å²) in [6, 6.07) is -0.465. The molecule has 0 fully saturated rings. The summed E-state index contributed by atoms with van der Waals surface area (Å²) in [4.78, 5) is 17.2. The van der Waals surface area contributed by atoms with Gasteiger partial charge in [-0.25, -0.2) is 4.98 Å². The largest absolute Gasteiger partial charge is 0.346 e. The fourth-order valence-electron chi connectivity index (χ4n) is 1.51. The lowest BCUT2D eigenvalue weighted by molar-refractivity contribution is -0.123. The number of thiazole rings is 1. The molecule has 1 aromatic heterocycles. The minimum absolute atomic E-state index is 0.0612. The van der Waals surface area contributed by atoms with Crippen molar-refractivity contribution in [3.05, 3.63) is 16.1 Å². The summed E-state index contributed by atoms with van der Waals surface area (Å²) in [6.45, 7) is 6.02. The van der Waals surface area contributed by atoms with E-state index in [4.69, 9.17) is 5.73 Å². The van der Waals surface area contributed by atoms with Gasteiger partial charge >= 0.3 is 0 Å². The number of aromatic nitrogens is 1. The summed E-state index contributed by atoms with van der Waals surface area (Å²) in [5.74, 6) is -0.0844. The van der Waals surface area contributed by atoms with E-state index < -0.39 is 6.04 Å². The third-order valence-corrected chi connectivity index (χ3v) is 3.67. The molecule has 96 valence electrons. The van der Waals surface area contributed by atoms with Crippen molar-refractivity contribution in [3.63, 3.8) is 0 Å². The molecule has 0 saturated carbocycles. The van der Waals surface area contributed by atoms with Crippen LogP contribution in [-0.2, 0) is 4.79 Å². The summed E-state index contributed by atoms with van der Waals surface area (Å²) in [5.41, 5.74) is 5.81. The van der Waals surface area contributed by atoms with E-state index in [-0.39, 0.29) is 11.9 Å². The van der Waals surface area contributed by atoms with Crippen LogP contribution in [0, 0.1) is 6.92 Å². The number of hydrogen-bond acceptors (Lipinski definition) is 4. The molecule has 0 aromatic carbocycles. The van der Waals surface area contributed by atoms with Crippen molar-refractivity contribution < 1.29 is 4.79 Å². The highest BCUT2D eigenvalue weighted by molar-refractivity contribution is 7.11. The minimum atomic E-state index is -0.404. The maximum absolute atomic E-state index is 11.8. The van der Waals surface area contributed by atoms with Crippen molar-refractivity contribution in [2.45, 2.75) is 52.1 Å². The van der Waals surface area contributed by atoms with Crippen LogP contribution in [0.3, 0.4) is 0 Å². The smallest absolute Gasteiger partial charge is 0.237 e. The molecule has 1 heterocycles. The lowest BCUT2D eigenvalue weighted by atomic mass is 10.1. The van der Waals surface area contributed by atoms with Crippen LogP contribution in [0.4, 0.5) is 0 Å². The molecular weight excluding hydrogens is 234 g/mol. The van der Waals surface area contributed by atoms with Gasteiger partial charge in [-0.3, -0.25) is 4.79 Å². The van der Waals surface area contributed by atoms with E-state index in [9.17, 15) is 4.79 Å². The van der Waals surface area contributed by atoms with Crippen molar-refractivity contribution in [1.82, 2.24) is 10.3 Å². The Morgan fingerprint density at radius 3 is 2.88 bits per heavy atom. The van der Waals surface area contributed by atoms with Crippen LogP contribution < -0.4 is 11.1 Å². The number of hydrogen-bond donors (Lipinski definition) is 2. The molecule has 1 aromatic rings. The quantitative estimate of drug-likeness (QED) is 0.818. The van der Waals surface area contributed by atoms with Gasteiger partial charge in [-0.15, -0.1) is 11.3 Å². The fourth-order valence-corrected chi connectivity index (χ4v) is 2.29. The first kappa shape index (κ1) is 14.1. The predicted octanol–water partition coefficient (Wildman–Crippen LogP) is 2.15. The van der Waals surface area contributed by atoms with E-state index in [1.54, 1.807) is 11.3 Å². The van der Waals surface area contributed by atoms with Crippen LogP contribution >= 0.6 is 11.3 Å². The zero-order valence-electron chi connectivity index (χ0n) is 10.7. The number of nitrogens with two attached hydrogens (primary N) is 1. The number of nitrogens with one attached hydrogen (secondary N) is 1. The summed E-state index contributed by atoms with van der Waals surface area (Å²) >= 11 is 1.60. The van der Waals surface area contributed by atoms with Crippen LogP contribution in [0.15, 0.2) is 6.20 Å². The first-order chi connectivity index (χ1) is 8.04. The summed E-state index contributed by atoms with van der Waals surface area (Å²) in [7, 11) is 0.